The Morgan fingerprint density at radius 3 is 2.37 bits per heavy atom. The molecule has 0 heterocycles. The number of ether oxygens (including phenoxy) is 1. The van der Waals surface area contributed by atoms with Crippen LogP contribution < -0.4 is 4.74 Å². The van der Waals surface area contributed by atoms with Crippen molar-refractivity contribution in [2.45, 2.75) is 6.92 Å². The van der Waals surface area contributed by atoms with Crippen molar-refractivity contribution in [3.8, 4) is 17.2 Å². The van der Waals surface area contributed by atoms with Crippen LogP contribution >= 0.6 is 0 Å². The van der Waals surface area contributed by atoms with Crippen LogP contribution in [0.1, 0.15) is 16.7 Å². The molecule has 0 radical (unpaired) electrons. The molecule has 0 unspecified atom stereocenters. The molecule has 2 aromatic carbocycles. The van der Waals surface area contributed by atoms with Crippen molar-refractivity contribution in [2.24, 2.45) is 0 Å². The van der Waals surface area contributed by atoms with Crippen molar-refractivity contribution in [3.05, 3.63) is 53.1 Å². The summed E-state index contributed by atoms with van der Waals surface area (Å²) in [6, 6.07) is 10.5. The van der Waals surface area contributed by atoms with Gasteiger partial charge in [0.05, 0.1) is 7.11 Å². The maximum Gasteiger partial charge on any atom is 0.161 e. The van der Waals surface area contributed by atoms with Gasteiger partial charge in [-0.1, -0.05) is 24.3 Å². The van der Waals surface area contributed by atoms with Gasteiger partial charge < -0.3 is 14.9 Å². The molecule has 0 aliphatic heterocycles. The van der Waals surface area contributed by atoms with Gasteiger partial charge in [-0.2, -0.15) is 0 Å². The Morgan fingerprint density at radius 2 is 1.68 bits per heavy atom. The van der Waals surface area contributed by atoms with Crippen molar-refractivity contribution in [3.63, 3.8) is 0 Å². The van der Waals surface area contributed by atoms with Crippen molar-refractivity contribution >= 4 is 12.2 Å². The zero-order valence-electron chi connectivity index (χ0n) is 10.9. The van der Waals surface area contributed by atoms with Gasteiger partial charge in [-0.15, -0.1) is 0 Å². The zero-order chi connectivity index (χ0) is 13.8. The minimum Gasteiger partial charge on any atom is -0.508 e. The molecule has 19 heavy (non-hydrogen) atoms. The minimum absolute atomic E-state index is 0.118. The van der Waals surface area contributed by atoms with Crippen LogP contribution in [0.2, 0.25) is 0 Å². The average molecular weight is 256 g/mol. The molecular formula is C16H16O3. The largest absolute Gasteiger partial charge is 0.508 e. The van der Waals surface area contributed by atoms with E-state index in [1.807, 2.05) is 25.1 Å². The van der Waals surface area contributed by atoms with Crippen LogP contribution in [-0.2, 0) is 0 Å². The molecule has 0 aliphatic carbocycles. The Bertz CT molecular complexity index is 595. The number of phenols is 2. The van der Waals surface area contributed by atoms with Gasteiger partial charge in [-0.05, 0) is 47.9 Å². The standard InChI is InChI=1S/C16H16O3/c1-11-7-13(9-14(17)8-11)4-3-12-5-6-15(18)16(10-12)19-2/h3-10,17-18H,1-2H3/b4-3+. The number of aromatic hydroxyl groups is 2. The first-order valence-electron chi connectivity index (χ1n) is 5.94. The Labute approximate surface area is 112 Å². The number of rotatable bonds is 3. The van der Waals surface area contributed by atoms with Gasteiger partial charge in [-0.3, -0.25) is 0 Å². The van der Waals surface area contributed by atoms with Crippen molar-refractivity contribution in [1.29, 1.82) is 0 Å². The molecular weight excluding hydrogens is 240 g/mol. The molecule has 0 saturated carbocycles. The first-order chi connectivity index (χ1) is 9.08. The van der Waals surface area contributed by atoms with Crippen LogP contribution in [0.5, 0.6) is 17.2 Å². The smallest absolute Gasteiger partial charge is 0.161 e. The molecule has 3 nitrogen and oxygen atoms in total. The fourth-order valence-electron chi connectivity index (χ4n) is 1.88. The number of benzene rings is 2. The second-order valence-corrected chi connectivity index (χ2v) is 4.37. The Hall–Kier alpha value is -2.42. The summed E-state index contributed by atoms with van der Waals surface area (Å²) in [5.41, 5.74) is 2.84. The van der Waals surface area contributed by atoms with E-state index in [2.05, 4.69) is 0 Å². The number of phenolic OH excluding ortho intramolecular Hbond substituents is 2. The highest BCUT2D eigenvalue weighted by atomic mass is 16.5. The summed E-state index contributed by atoms with van der Waals surface area (Å²) in [5.74, 6) is 0.810. The maximum absolute atomic E-state index is 9.52. The molecule has 2 rings (SSSR count). The topological polar surface area (TPSA) is 49.7 Å². The summed E-state index contributed by atoms with van der Waals surface area (Å²) in [4.78, 5) is 0. The van der Waals surface area contributed by atoms with Gasteiger partial charge in [0, 0.05) is 0 Å². The molecule has 2 N–H and O–H groups in total. The highest BCUT2D eigenvalue weighted by molar-refractivity contribution is 5.71. The van der Waals surface area contributed by atoms with Crippen molar-refractivity contribution in [1.82, 2.24) is 0 Å². The molecule has 0 spiro atoms. The Morgan fingerprint density at radius 1 is 0.947 bits per heavy atom. The van der Waals surface area contributed by atoms with Gasteiger partial charge >= 0.3 is 0 Å². The van der Waals surface area contributed by atoms with Crippen LogP contribution in [0.15, 0.2) is 36.4 Å². The lowest BCUT2D eigenvalue weighted by atomic mass is 10.1. The van der Waals surface area contributed by atoms with Gasteiger partial charge in [0.1, 0.15) is 5.75 Å². The Kier molecular flexibility index (Phi) is 3.76. The summed E-state index contributed by atoms with van der Waals surface area (Å²) in [6.45, 7) is 1.93. The third kappa shape index (κ3) is 3.28. The van der Waals surface area contributed by atoms with Crippen molar-refractivity contribution < 1.29 is 14.9 Å². The first kappa shape index (κ1) is 13.0. The van der Waals surface area contributed by atoms with E-state index in [1.54, 1.807) is 30.3 Å². The van der Waals surface area contributed by atoms with Crippen LogP contribution in [0, 0.1) is 6.92 Å². The quantitative estimate of drug-likeness (QED) is 0.825. The van der Waals surface area contributed by atoms with Crippen LogP contribution in [0.3, 0.4) is 0 Å². The SMILES string of the molecule is COc1cc(/C=C/c2cc(C)cc(O)c2)ccc1O. The van der Waals surface area contributed by atoms with Gasteiger partial charge in [0.25, 0.3) is 0 Å². The molecule has 2 aromatic rings. The number of methoxy groups -OCH3 is 1. The summed E-state index contributed by atoms with van der Waals surface area (Å²) in [7, 11) is 1.52. The lowest BCUT2D eigenvalue weighted by Gasteiger charge is -2.04. The monoisotopic (exact) mass is 256 g/mol. The summed E-state index contributed by atoms with van der Waals surface area (Å²) < 4.78 is 5.05. The van der Waals surface area contributed by atoms with Crippen LogP contribution in [-0.4, -0.2) is 17.3 Å². The second-order valence-electron chi connectivity index (χ2n) is 4.37. The van der Waals surface area contributed by atoms with E-state index in [0.717, 1.165) is 16.7 Å². The molecule has 98 valence electrons. The van der Waals surface area contributed by atoms with Gasteiger partial charge in [0.2, 0.25) is 0 Å². The highest BCUT2D eigenvalue weighted by Gasteiger charge is 2.00. The fourth-order valence-corrected chi connectivity index (χ4v) is 1.88. The third-order valence-electron chi connectivity index (χ3n) is 2.76. The lowest BCUT2D eigenvalue weighted by molar-refractivity contribution is 0.373. The third-order valence-corrected chi connectivity index (χ3v) is 2.76. The zero-order valence-corrected chi connectivity index (χ0v) is 10.9. The first-order valence-corrected chi connectivity index (χ1v) is 5.94. The van der Waals surface area contributed by atoms with E-state index < -0.39 is 0 Å². The van der Waals surface area contributed by atoms with Crippen molar-refractivity contribution in [2.75, 3.05) is 7.11 Å². The van der Waals surface area contributed by atoms with Gasteiger partial charge in [0.15, 0.2) is 11.5 Å². The summed E-state index contributed by atoms with van der Waals surface area (Å²) in [5, 5.41) is 19.0. The molecule has 0 amide bonds. The molecule has 3 heteroatoms. The summed E-state index contributed by atoms with van der Waals surface area (Å²) in [6.07, 6.45) is 3.80. The molecule has 0 atom stereocenters. The summed E-state index contributed by atoms with van der Waals surface area (Å²) >= 11 is 0. The molecule has 0 aromatic heterocycles. The maximum atomic E-state index is 9.52. The van der Waals surface area contributed by atoms with E-state index >= 15 is 0 Å². The fraction of sp³-hybridized carbons (Fsp3) is 0.125. The number of aryl methyl sites for hydroxylation is 1. The van der Waals surface area contributed by atoms with E-state index in [-0.39, 0.29) is 11.5 Å². The van der Waals surface area contributed by atoms with E-state index in [0.29, 0.717) is 5.75 Å². The van der Waals surface area contributed by atoms with E-state index in [9.17, 15) is 10.2 Å². The van der Waals surface area contributed by atoms with Gasteiger partial charge in [-0.25, -0.2) is 0 Å². The normalized spacial score (nSPS) is 10.8. The lowest BCUT2D eigenvalue weighted by Crippen LogP contribution is -1.84. The van der Waals surface area contributed by atoms with Crippen LogP contribution in [0.4, 0.5) is 0 Å². The number of hydrogen-bond acceptors (Lipinski definition) is 3. The predicted molar refractivity (Wildman–Crippen MR) is 76.4 cm³/mol. The highest BCUT2D eigenvalue weighted by Crippen LogP contribution is 2.27. The number of hydrogen-bond donors (Lipinski definition) is 2. The van der Waals surface area contributed by atoms with Crippen LogP contribution in [0.25, 0.3) is 12.2 Å². The van der Waals surface area contributed by atoms with E-state index in [4.69, 9.17) is 4.74 Å². The second kappa shape index (κ2) is 5.48. The molecule has 0 saturated heterocycles. The van der Waals surface area contributed by atoms with E-state index in [1.165, 1.54) is 7.11 Å². The average Bonchev–Trinajstić information content (AvgIpc) is 2.36. The molecule has 0 aliphatic rings. The predicted octanol–water partition coefficient (Wildman–Crippen LogP) is 3.59. The molecule has 0 fully saturated rings. The molecule has 0 bridgehead atoms. The Balaban J connectivity index is 2.27. The minimum atomic E-state index is 0.118.